The molecule has 0 saturated carbocycles. The molecule has 4 nitrogen and oxygen atoms in total. The molecule has 0 aromatic heterocycles. The number of carbonyl (C=O) groups excluding carboxylic acids is 2. The Kier molecular flexibility index (Phi) is 3.14. The third kappa shape index (κ3) is 1.88. The van der Waals surface area contributed by atoms with Gasteiger partial charge in [-0.15, -0.1) is 6.58 Å². The topological polar surface area (TPSA) is 49.4 Å². The Morgan fingerprint density at radius 1 is 1.44 bits per heavy atom. The van der Waals surface area contributed by atoms with E-state index in [4.69, 9.17) is 0 Å². The summed E-state index contributed by atoms with van der Waals surface area (Å²) in [7, 11) is 0. The lowest BCUT2D eigenvalue weighted by Gasteiger charge is -2.22. The molecule has 1 aromatic rings. The van der Waals surface area contributed by atoms with Gasteiger partial charge in [0.2, 0.25) is 0 Å². The van der Waals surface area contributed by atoms with Gasteiger partial charge in [0, 0.05) is 13.1 Å². The fourth-order valence-electron chi connectivity index (χ4n) is 1.95. The average Bonchev–Trinajstić information content (AvgIpc) is 2.62. The van der Waals surface area contributed by atoms with Crippen LogP contribution in [0.3, 0.4) is 0 Å². The highest BCUT2D eigenvalue weighted by Gasteiger charge is 2.30. The zero-order chi connectivity index (χ0) is 13.3. The Labute approximate surface area is 104 Å². The molecule has 0 atom stereocenters. The summed E-state index contributed by atoms with van der Waals surface area (Å²) in [6.45, 7) is 6.60. The molecule has 0 spiro atoms. The van der Waals surface area contributed by atoms with E-state index in [-0.39, 0.29) is 5.56 Å². The number of fused-ring (bicyclic) bond motifs is 1. The molecule has 1 aliphatic rings. The van der Waals surface area contributed by atoms with Gasteiger partial charge in [0.25, 0.3) is 11.7 Å². The number of likely N-dealkylation sites (N-methyl/N-ethyl adjacent to an activating group) is 1. The molecule has 5 heteroatoms. The van der Waals surface area contributed by atoms with Crippen molar-refractivity contribution in [1.29, 1.82) is 0 Å². The van der Waals surface area contributed by atoms with Crippen LogP contribution in [-0.2, 0) is 4.79 Å². The number of nitrogens with one attached hydrogen (secondary N) is 1. The maximum Gasteiger partial charge on any atom is 0.296 e. The number of carbonyl (C=O) groups is 2. The molecule has 0 saturated heterocycles. The van der Waals surface area contributed by atoms with E-state index in [1.54, 1.807) is 11.0 Å². The lowest BCUT2D eigenvalue weighted by Crippen LogP contribution is -2.23. The van der Waals surface area contributed by atoms with E-state index >= 15 is 0 Å². The number of Topliss-reactive ketones (excluding diaryl/α,β-unsaturated/α-hetero) is 1. The Balaban J connectivity index is 2.46. The quantitative estimate of drug-likeness (QED) is 0.654. The van der Waals surface area contributed by atoms with Crippen molar-refractivity contribution in [3.05, 3.63) is 36.2 Å². The second kappa shape index (κ2) is 4.60. The summed E-state index contributed by atoms with van der Waals surface area (Å²) in [5, 5.41) is 2.43. The SMILES string of the molecule is C=CCN(CC)c1cc2c(cc1F)C(=O)C(=O)N2. The third-order valence-electron chi connectivity index (χ3n) is 2.86. The van der Waals surface area contributed by atoms with Crippen LogP contribution in [0.1, 0.15) is 17.3 Å². The van der Waals surface area contributed by atoms with Gasteiger partial charge in [-0.2, -0.15) is 0 Å². The van der Waals surface area contributed by atoms with E-state index in [0.29, 0.717) is 24.5 Å². The van der Waals surface area contributed by atoms with Gasteiger partial charge in [-0.3, -0.25) is 9.59 Å². The highest BCUT2D eigenvalue weighted by Crippen LogP contribution is 2.31. The number of halogens is 1. The first-order chi connectivity index (χ1) is 8.58. The van der Waals surface area contributed by atoms with Gasteiger partial charge >= 0.3 is 0 Å². The van der Waals surface area contributed by atoms with Crippen LogP contribution in [-0.4, -0.2) is 24.8 Å². The second-order valence-electron chi connectivity index (χ2n) is 3.96. The van der Waals surface area contributed by atoms with Crippen LogP contribution in [0.2, 0.25) is 0 Å². The van der Waals surface area contributed by atoms with E-state index in [1.807, 2.05) is 6.92 Å². The lowest BCUT2D eigenvalue weighted by atomic mass is 10.1. The molecule has 0 fully saturated rings. The van der Waals surface area contributed by atoms with Gasteiger partial charge in [0.15, 0.2) is 0 Å². The van der Waals surface area contributed by atoms with Crippen molar-refractivity contribution in [2.45, 2.75) is 6.92 Å². The van der Waals surface area contributed by atoms with E-state index in [0.717, 1.165) is 6.07 Å². The first-order valence-electron chi connectivity index (χ1n) is 5.63. The molecule has 1 amide bonds. The van der Waals surface area contributed by atoms with Crippen LogP contribution >= 0.6 is 0 Å². The van der Waals surface area contributed by atoms with Crippen molar-refractivity contribution < 1.29 is 14.0 Å². The fraction of sp³-hybridized carbons (Fsp3) is 0.231. The summed E-state index contributed by atoms with van der Waals surface area (Å²) in [6, 6.07) is 2.59. The molecule has 1 heterocycles. The maximum atomic E-state index is 13.9. The fourth-order valence-corrected chi connectivity index (χ4v) is 1.95. The van der Waals surface area contributed by atoms with Crippen LogP contribution in [0.15, 0.2) is 24.8 Å². The van der Waals surface area contributed by atoms with Gasteiger partial charge in [-0.05, 0) is 19.1 Å². The highest BCUT2D eigenvalue weighted by molar-refractivity contribution is 6.51. The number of anilines is 2. The van der Waals surface area contributed by atoms with Gasteiger partial charge in [-0.25, -0.2) is 4.39 Å². The summed E-state index contributed by atoms with van der Waals surface area (Å²) < 4.78 is 13.9. The molecule has 2 rings (SSSR count). The first-order valence-corrected chi connectivity index (χ1v) is 5.63. The molecular weight excluding hydrogens is 235 g/mol. The Morgan fingerprint density at radius 3 is 2.78 bits per heavy atom. The van der Waals surface area contributed by atoms with E-state index < -0.39 is 17.5 Å². The Bertz CT molecular complexity index is 540. The monoisotopic (exact) mass is 248 g/mol. The molecule has 1 aromatic carbocycles. The summed E-state index contributed by atoms with van der Waals surface area (Å²) in [5.41, 5.74) is 0.811. The number of amides is 1. The van der Waals surface area contributed by atoms with Crippen molar-refractivity contribution >= 4 is 23.1 Å². The highest BCUT2D eigenvalue weighted by atomic mass is 19.1. The Morgan fingerprint density at radius 2 is 2.17 bits per heavy atom. The number of benzene rings is 1. The van der Waals surface area contributed by atoms with Gasteiger partial charge in [0.1, 0.15) is 5.82 Å². The molecule has 18 heavy (non-hydrogen) atoms. The molecule has 0 aliphatic carbocycles. The number of nitrogens with zero attached hydrogens (tertiary/aromatic N) is 1. The summed E-state index contributed by atoms with van der Waals surface area (Å²) >= 11 is 0. The van der Waals surface area contributed by atoms with Crippen LogP contribution in [0, 0.1) is 5.82 Å². The van der Waals surface area contributed by atoms with Crippen molar-refractivity contribution in [3.63, 3.8) is 0 Å². The van der Waals surface area contributed by atoms with E-state index in [9.17, 15) is 14.0 Å². The number of hydrogen-bond acceptors (Lipinski definition) is 3. The van der Waals surface area contributed by atoms with E-state index in [2.05, 4.69) is 11.9 Å². The van der Waals surface area contributed by atoms with Crippen molar-refractivity contribution in [2.24, 2.45) is 0 Å². The smallest absolute Gasteiger partial charge is 0.296 e. The van der Waals surface area contributed by atoms with Crippen molar-refractivity contribution in [3.8, 4) is 0 Å². The normalized spacial score (nSPS) is 13.2. The van der Waals surface area contributed by atoms with Crippen LogP contribution in [0.4, 0.5) is 15.8 Å². The molecule has 0 radical (unpaired) electrons. The molecule has 0 unspecified atom stereocenters. The van der Waals surface area contributed by atoms with Gasteiger partial charge in [0.05, 0.1) is 16.9 Å². The molecule has 94 valence electrons. The number of hydrogen-bond donors (Lipinski definition) is 1. The van der Waals surface area contributed by atoms with Crippen LogP contribution in [0.5, 0.6) is 0 Å². The minimum atomic E-state index is -0.715. The van der Waals surface area contributed by atoms with Crippen LogP contribution < -0.4 is 10.2 Å². The minimum absolute atomic E-state index is 0.0934. The average molecular weight is 248 g/mol. The standard InChI is InChI=1S/C13H13FN2O2/c1-3-5-16(4-2)11-7-10-8(6-9(11)14)12(17)13(18)15-10/h3,6-7H,1,4-5H2,2H3,(H,15,17,18). The van der Waals surface area contributed by atoms with E-state index in [1.165, 1.54) is 6.07 Å². The number of rotatable bonds is 4. The maximum absolute atomic E-state index is 13.9. The zero-order valence-electron chi connectivity index (χ0n) is 10.00. The number of ketones is 1. The predicted octanol–water partition coefficient (Wildman–Crippen LogP) is 1.97. The largest absolute Gasteiger partial charge is 0.366 e. The lowest BCUT2D eigenvalue weighted by molar-refractivity contribution is -0.112. The summed E-state index contributed by atoms with van der Waals surface area (Å²) in [6.07, 6.45) is 1.67. The molecule has 1 aliphatic heterocycles. The van der Waals surface area contributed by atoms with Crippen molar-refractivity contribution in [2.75, 3.05) is 23.3 Å². The molecular formula is C13H13FN2O2. The minimum Gasteiger partial charge on any atom is -0.366 e. The van der Waals surface area contributed by atoms with Gasteiger partial charge < -0.3 is 10.2 Å². The van der Waals surface area contributed by atoms with Crippen LogP contribution in [0.25, 0.3) is 0 Å². The summed E-state index contributed by atoms with van der Waals surface area (Å²) in [5.74, 6) is -1.92. The third-order valence-corrected chi connectivity index (χ3v) is 2.86. The molecule has 0 bridgehead atoms. The predicted molar refractivity (Wildman–Crippen MR) is 67.4 cm³/mol. The molecule has 1 N–H and O–H groups in total. The second-order valence-corrected chi connectivity index (χ2v) is 3.96. The first kappa shape index (κ1) is 12.3. The summed E-state index contributed by atoms with van der Waals surface area (Å²) in [4.78, 5) is 24.4. The van der Waals surface area contributed by atoms with Gasteiger partial charge in [-0.1, -0.05) is 6.08 Å². The Hall–Kier alpha value is -2.17. The zero-order valence-corrected chi connectivity index (χ0v) is 10.00. The van der Waals surface area contributed by atoms with Crippen molar-refractivity contribution in [1.82, 2.24) is 0 Å².